The summed E-state index contributed by atoms with van der Waals surface area (Å²) in [5, 5.41) is 1.28. The number of nitrogens with zero attached hydrogens (tertiary/aromatic N) is 1. The second-order valence-electron chi connectivity index (χ2n) is 11.0. The van der Waals surface area contributed by atoms with E-state index in [1.165, 1.54) is 54.3 Å². The van der Waals surface area contributed by atoms with Crippen LogP contribution in [0.3, 0.4) is 0 Å². The van der Waals surface area contributed by atoms with Crippen LogP contribution in [0.1, 0.15) is 73.0 Å². The van der Waals surface area contributed by atoms with Gasteiger partial charge in [-0.25, -0.2) is 0 Å². The first-order valence-corrected chi connectivity index (χ1v) is 12.8. The molecule has 0 radical (unpaired) electrons. The maximum Gasteiger partial charge on any atom is 0.166 e. The number of carbonyl (C=O) groups is 2. The first-order chi connectivity index (χ1) is 15.6. The molecule has 0 amide bonds. The van der Waals surface area contributed by atoms with E-state index < -0.39 is 0 Å². The quantitative estimate of drug-likeness (QED) is 0.582. The summed E-state index contributed by atoms with van der Waals surface area (Å²) in [5.74, 6) is 2.99. The van der Waals surface area contributed by atoms with Gasteiger partial charge in [-0.3, -0.25) is 9.59 Å². The topological polar surface area (TPSA) is 48.3 Å². The third kappa shape index (κ3) is 3.65. The van der Waals surface area contributed by atoms with Crippen molar-refractivity contribution >= 4 is 22.5 Å². The first-order valence-electron chi connectivity index (χ1n) is 12.8. The van der Waals surface area contributed by atoms with Gasteiger partial charge in [0.1, 0.15) is 5.78 Å². The summed E-state index contributed by atoms with van der Waals surface area (Å²) in [6.07, 6.45) is 10.6. The van der Waals surface area contributed by atoms with Gasteiger partial charge in [0.15, 0.2) is 5.78 Å². The Morgan fingerprint density at radius 3 is 2.53 bits per heavy atom. The van der Waals surface area contributed by atoms with Gasteiger partial charge in [0.25, 0.3) is 0 Å². The lowest BCUT2D eigenvalue weighted by molar-refractivity contribution is -0.126. The van der Waals surface area contributed by atoms with Gasteiger partial charge in [0, 0.05) is 60.7 Å². The molecular weight excluding hydrogens is 398 g/mol. The van der Waals surface area contributed by atoms with Gasteiger partial charge in [-0.15, -0.1) is 0 Å². The van der Waals surface area contributed by atoms with Crippen LogP contribution >= 0.6 is 0 Å². The Kier molecular flexibility index (Phi) is 5.24. The molecule has 0 N–H and O–H groups in total. The molecule has 4 heteroatoms. The molecule has 3 aliphatic carbocycles. The van der Waals surface area contributed by atoms with Gasteiger partial charge in [-0.1, -0.05) is 0 Å². The highest BCUT2D eigenvalue weighted by Gasteiger charge is 2.40. The summed E-state index contributed by atoms with van der Waals surface area (Å²) < 4.78 is 7.95. The third-order valence-corrected chi connectivity index (χ3v) is 9.02. The molecule has 1 saturated heterocycles. The minimum atomic E-state index is 0.0372. The number of Topliss-reactive ketones (excluding diaryl/α,β-unsaturated/α-hetero) is 2. The Bertz CT molecular complexity index is 1050. The Morgan fingerprint density at radius 2 is 1.78 bits per heavy atom. The number of rotatable bonds is 6. The van der Waals surface area contributed by atoms with Crippen molar-refractivity contribution in [1.29, 1.82) is 0 Å². The first kappa shape index (κ1) is 20.7. The maximum atomic E-state index is 13.2. The fraction of sp³-hybridized carbons (Fsp3) is 0.643. The van der Waals surface area contributed by atoms with E-state index in [-0.39, 0.29) is 17.6 Å². The minimum absolute atomic E-state index is 0.0372. The molecule has 4 aliphatic rings. The van der Waals surface area contributed by atoms with Crippen molar-refractivity contribution in [2.24, 2.45) is 36.6 Å². The van der Waals surface area contributed by atoms with Crippen molar-refractivity contribution in [1.82, 2.24) is 4.57 Å². The van der Waals surface area contributed by atoms with E-state index in [9.17, 15) is 9.59 Å². The predicted molar refractivity (Wildman–Crippen MR) is 125 cm³/mol. The van der Waals surface area contributed by atoms with Crippen LogP contribution in [0, 0.1) is 29.6 Å². The lowest BCUT2D eigenvalue weighted by Crippen LogP contribution is -2.35. The van der Waals surface area contributed by atoms with E-state index in [1.54, 1.807) is 0 Å². The number of aromatic nitrogens is 1. The predicted octanol–water partition coefficient (Wildman–Crippen LogP) is 5.29. The molecule has 2 saturated carbocycles. The summed E-state index contributed by atoms with van der Waals surface area (Å²) in [5.41, 5.74) is 5.04. The average Bonchev–Trinajstić information content (AvgIpc) is 3.56. The van der Waals surface area contributed by atoms with Crippen LogP contribution in [0.4, 0.5) is 0 Å². The van der Waals surface area contributed by atoms with E-state index in [0.29, 0.717) is 11.7 Å². The van der Waals surface area contributed by atoms with Crippen LogP contribution in [0.25, 0.3) is 10.9 Å². The molecule has 170 valence electrons. The zero-order chi connectivity index (χ0) is 21.8. The molecule has 1 aromatic carbocycles. The Hall–Kier alpha value is -1.94. The smallest absolute Gasteiger partial charge is 0.166 e. The van der Waals surface area contributed by atoms with Crippen molar-refractivity contribution in [3.63, 3.8) is 0 Å². The van der Waals surface area contributed by atoms with Crippen molar-refractivity contribution < 1.29 is 14.3 Å². The summed E-state index contributed by atoms with van der Waals surface area (Å²) in [4.78, 5) is 25.6. The second kappa shape index (κ2) is 8.13. The van der Waals surface area contributed by atoms with Gasteiger partial charge in [0.2, 0.25) is 0 Å². The summed E-state index contributed by atoms with van der Waals surface area (Å²) in [6, 6.07) is 6.34. The molecule has 1 unspecified atom stereocenters. The number of ether oxygens (including phenoxy) is 1. The van der Waals surface area contributed by atoms with Gasteiger partial charge < -0.3 is 9.30 Å². The lowest BCUT2D eigenvalue weighted by atomic mass is 9.69. The van der Waals surface area contributed by atoms with Crippen LogP contribution < -0.4 is 0 Å². The molecular formula is C28H35NO3. The molecule has 0 bridgehead atoms. The summed E-state index contributed by atoms with van der Waals surface area (Å²) >= 11 is 0. The highest BCUT2D eigenvalue weighted by molar-refractivity contribution is 6.03. The number of carbonyl (C=O) groups excluding carboxylic acids is 2. The van der Waals surface area contributed by atoms with Crippen molar-refractivity contribution in [3.05, 3.63) is 35.0 Å². The van der Waals surface area contributed by atoms with Crippen molar-refractivity contribution in [2.75, 3.05) is 13.2 Å². The Labute approximate surface area is 190 Å². The number of hydrogen-bond donors (Lipinski definition) is 0. The third-order valence-electron chi connectivity index (χ3n) is 9.02. The van der Waals surface area contributed by atoms with Crippen LogP contribution in [0.5, 0.6) is 0 Å². The maximum absolute atomic E-state index is 13.2. The SMILES string of the molecule is Cn1c2c(c3cc(C(=O)C4CC(C(=O)CC5CC5)C4)ccc31)CC(C1CCOCC1)CC2. The number of hydrogen-bond acceptors (Lipinski definition) is 3. The number of aryl methyl sites for hydroxylation is 1. The van der Waals surface area contributed by atoms with E-state index in [1.807, 2.05) is 6.07 Å². The fourth-order valence-corrected chi connectivity index (χ4v) is 6.65. The van der Waals surface area contributed by atoms with Crippen LogP contribution in [0.2, 0.25) is 0 Å². The van der Waals surface area contributed by atoms with Crippen molar-refractivity contribution in [2.45, 2.75) is 64.2 Å². The standard InChI is InChI=1S/C28H35NO3/c1-29-25-6-4-19(18-8-10-32-11-9-18)15-23(25)24-16-20(5-7-26(24)29)28(31)22-13-21(14-22)27(30)12-17-2-3-17/h5,7,16-19,21-22H,2-4,6,8-15H2,1H3. The van der Waals surface area contributed by atoms with E-state index >= 15 is 0 Å². The molecule has 0 spiro atoms. The second-order valence-corrected chi connectivity index (χ2v) is 11.0. The highest BCUT2D eigenvalue weighted by Crippen LogP contribution is 2.42. The van der Waals surface area contributed by atoms with Gasteiger partial charge >= 0.3 is 0 Å². The molecule has 32 heavy (non-hydrogen) atoms. The Balaban J connectivity index is 1.20. The van der Waals surface area contributed by atoms with Gasteiger partial charge in [0.05, 0.1) is 0 Å². The molecule has 2 aromatic rings. The lowest BCUT2D eigenvalue weighted by Gasteiger charge is -2.33. The van der Waals surface area contributed by atoms with E-state index in [2.05, 4.69) is 23.7 Å². The normalized spacial score (nSPS) is 28.3. The Morgan fingerprint density at radius 1 is 1.00 bits per heavy atom. The zero-order valence-corrected chi connectivity index (χ0v) is 19.3. The van der Waals surface area contributed by atoms with E-state index in [0.717, 1.165) is 62.7 Å². The fourth-order valence-electron chi connectivity index (χ4n) is 6.65. The molecule has 4 nitrogen and oxygen atoms in total. The monoisotopic (exact) mass is 433 g/mol. The van der Waals surface area contributed by atoms with Crippen molar-refractivity contribution in [3.8, 4) is 0 Å². The van der Waals surface area contributed by atoms with Gasteiger partial charge in [-0.05, 0) is 99.3 Å². The van der Waals surface area contributed by atoms with E-state index in [4.69, 9.17) is 4.74 Å². The molecule has 2 heterocycles. The molecule has 1 atom stereocenters. The zero-order valence-electron chi connectivity index (χ0n) is 19.3. The average molecular weight is 434 g/mol. The molecule has 1 aromatic heterocycles. The number of fused-ring (bicyclic) bond motifs is 3. The number of ketones is 2. The van der Waals surface area contributed by atoms with Crippen LogP contribution in [-0.2, 0) is 29.4 Å². The van der Waals surface area contributed by atoms with Crippen LogP contribution in [0.15, 0.2) is 18.2 Å². The van der Waals surface area contributed by atoms with Gasteiger partial charge in [-0.2, -0.15) is 0 Å². The van der Waals surface area contributed by atoms with Crippen LogP contribution in [-0.4, -0.2) is 29.3 Å². The highest BCUT2D eigenvalue weighted by atomic mass is 16.5. The summed E-state index contributed by atoms with van der Waals surface area (Å²) in [7, 11) is 2.18. The minimum Gasteiger partial charge on any atom is -0.381 e. The molecule has 6 rings (SSSR count). The summed E-state index contributed by atoms with van der Waals surface area (Å²) in [6.45, 7) is 1.82. The molecule has 1 aliphatic heterocycles. The number of benzene rings is 1. The largest absolute Gasteiger partial charge is 0.381 e. The molecule has 3 fully saturated rings.